The van der Waals surface area contributed by atoms with Gasteiger partial charge < -0.3 is 26.0 Å². The summed E-state index contributed by atoms with van der Waals surface area (Å²) in [7, 11) is 0. The summed E-state index contributed by atoms with van der Waals surface area (Å²) in [6.45, 7) is 2.62. The lowest BCUT2D eigenvalue weighted by atomic mass is 9.86. The van der Waals surface area contributed by atoms with E-state index >= 15 is 0 Å². The average Bonchev–Trinajstić information content (AvgIpc) is 3.17. The zero-order chi connectivity index (χ0) is 22.4. The Kier molecular flexibility index (Phi) is 5.72. The lowest BCUT2D eigenvalue weighted by Gasteiger charge is -2.45. The number of anilines is 1. The zero-order valence-corrected chi connectivity index (χ0v) is 19.5. The summed E-state index contributed by atoms with van der Waals surface area (Å²) in [6.07, 6.45) is 6.70. The molecule has 4 atom stereocenters. The molecule has 3 amide bonds. The Balaban J connectivity index is 1.22. The molecule has 1 aromatic carbocycles. The molecule has 4 fully saturated rings. The van der Waals surface area contributed by atoms with Crippen LogP contribution in [0.4, 0.5) is 10.5 Å². The quantitative estimate of drug-likeness (QED) is 0.529. The van der Waals surface area contributed by atoms with E-state index in [1.807, 2.05) is 29.2 Å². The lowest BCUT2D eigenvalue weighted by Crippen LogP contribution is -2.62. The first kappa shape index (κ1) is 21.3. The van der Waals surface area contributed by atoms with Crippen LogP contribution in [0.5, 0.6) is 5.75 Å². The van der Waals surface area contributed by atoms with Crippen LogP contribution in [0.2, 0.25) is 0 Å². The van der Waals surface area contributed by atoms with Gasteiger partial charge in [0.1, 0.15) is 5.75 Å². The van der Waals surface area contributed by atoms with Crippen molar-refractivity contribution in [3.8, 4) is 5.75 Å². The van der Waals surface area contributed by atoms with Gasteiger partial charge in [-0.05, 0) is 75.9 Å². The number of rotatable bonds is 5. The van der Waals surface area contributed by atoms with Crippen molar-refractivity contribution < 1.29 is 14.3 Å². The second-order valence-electron chi connectivity index (χ2n) is 9.60. The number of carbonyl (C=O) groups excluding carboxylic acids is 2. The lowest BCUT2D eigenvalue weighted by molar-refractivity contribution is -0.117. The highest BCUT2D eigenvalue weighted by Crippen LogP contribution is 2.48. The van der Waals surface area contributed by atoms with Gasteiger partial charge in [-0.1, -0.05) is 11.8 Å². The Hall–Kier alpha value is -2.23. The molecular weight excluding hydrogens is 438 g/mol. The molecule has 0 radical (unpaired) electrons. The van der Waals surface area contributed by atoms with E-state index in [-0.39, 0.29) is 35.3 Å². The largest absolute Gasteiger partial charge is 0.490 e. The summed E-state index contributed by atoms with van der Waals surface area (Å²) < 4.78 is 5.98. The number of thioether (sulfide) groups is 1. The maximum Gasteiger partial charge on any atom is 0.326 e. The number of nitrogens with zero attached hydrogens (tertiary/aromatic N) is 1. The first-order valence-electron chi connectivity index (χ1n) is 12.2. The van der Waals surface area contributed by atoms with Crippen LogP contribution in [-0.2, 0) is 4.79 Å². The fourth-order valence-corrected chi connectivity index (χ4v) is 6.91. The molecule has 1 saturated carbocycles. The number of piperidine rings is 2. The monoisotopic (exact) mass is 469 g/mol. The van der Waals surface area contributed by atoms with Crippen LogP contribution < -0.4 is 30.9 Å². The van der Waals surface area contributed by atoms with E-state index in [4.69, 9.17) is 4.74 Å². The van der Waals surface area contributed by atoms with Crippen LogP contribution in [-0.4, -0.2) is 55.1 Å². The molecule has 4 aliphatic heterocycles. The van der Waals surface area contributed by atoms with Crippen LogP contribution in [0.25, 0.3) is 0 Å². The molecule has 4 unspecified atom stereocenters. The summed E-state index contributed by atoms with van der Waals surface area (Å²) in [5, 5.41) is 13.3. The predicted molar refractivity (Wildman–Crippen MR) is 128 cm³/mol. The van der Waals surface area contributed by atoms with Crippen molar-refractivity contribution in [1.29, 1.82) is 0 Å². The van der Waals surface area contributed by atoms with Gasteiger partial charge in [0.25, 0.3) is 5.91 Å². The van der Waals surface area contributed by atoms with Crippen molar-refractivity contribution in [2.45, 2.75) is 62.1 Å². The zero-order valence-electron chi connectivity index (χ0n) is 18.6. The van der Waals surface area contributed by atoms with E-state index in [1.54, 1.807) is 11.8 Å². The molecule has 176 valence electrons. The summed E-state index contributed by atoms with van der Waals surface area (Å²) in [5.74, 6) is 0.861. The molecule has 0 spiro atoms. The van der Waals surface area contributed by atoms with Gasteiger partial charge in [-0.25, -0.2) is 4.79 Å². The summed E-state index contributed by atoms with van der Waals surface area (Å²) >= 11 is 1.56. The van der Waals surface area contributed by atoms with E-state index in [1.165, 1.54) is 6.42 Å². The number of ether oxygens (including phenoxy) is 1. The minimum absolute atomic E-state index is 0.0209. The first-order chi connectivity index (χ1) is 16.2. The van der Waals surface area contributed by atoms with Crippen LogP contribution in [0, 0.1) is 5.92 Å². The van der Waals surface area contributed by atoms with Gasteiger partial charge in [-0.2, -0.15) is 0 Å². The highest BCUT2D eigenvalue weighted by Gasteiger charge is 2.51. The van der Waals surface area contributed by atoms with Gasteiger partial charge in [-0.15, -0.1) is 0 Å². The van der Waals surface area contributed by atoms with Crippen molar-refractivity contribution >= 4 is 29.4 Å². The molecular formula is C24H31N5O3S. The SMILES string of the molecule is O=C(NC1CCCNC1)C1=C2NC(=O)N(c3ccc(OC4CCC4)cc3)C3CCNC(S1)C23. The fraction of sp³-hybridized carbons (Fsp3) is 0.583. The molecule has 8 nitrogen and oxygen atoms in total. The smallest absolute Gasteiger partial charge is 0.326 e. The Morgan fingerprint density at radius 3 is 2.67 bits per heavy atom. The van der Waals surface area contributed by atoms with E-state index in [9.17, 15) is 9.59 Å². The van der Waals surface area contributed by atoms with Crippen molar-refractivity contribution in [2.24, 2.45) is 5.92 Å². The molecule has 0 bridgehead atoms. The van der Waals surface area contributed by atoms with E-state index < -0.39 is 0 Å². The first-order valence-corrected chi connectivity index (χ1v) is 13.1. The predicted octanol–water partition coefficient (Wildman–Crippen LogP) is 2.28. The normalized spacial score (nSPS) is 31.5. The molecule has 5 aliphatic rings. The number of hydrogen-bond acceptors (Lipinski definition) is 6. The minimum atomic E-state index is -0.160. The maximum atomic E-state index is 13.3. The highest BCUT2D eigenvalue weighted by molar-refractivity contribution is 8.04. The van der Waals surface area contributed by atoms with Crippen molar-refractivity contribution in [2.75, 3.05) is 24.5 Å². The third-order valence-electron chi connectivity index (χ3n) is 7.45. The average molecular weight is 470 g/mol. The number of carbonyl (C=O) groups is 2. The molecule has 0 aromatic heterocycles. The second-order valence-corrected chi connectivity index (χ2v) is 10.8. The van der Waals surface area contributed by atoms with Gasteiger partial charge in [-0.3, -0.25) is 9.69 Å². The van der Waals surface area contributed by atoms with E-state index in [2.05, 4.69) is 21.3 Å². The molecule has 3 saturated heterocycles. The Morgan fingerprint density at radius 2 is 1.94 bits per heavy atom. The third-order valence-corrected chi connectivity index (χ3v) is 8.80. The van der Waals surface area contributed by atoms with E-state index in [0.29, 0.717) is 11.0 Å². The molecule has 1 aliphatic carbocycles. The summed E-state index contributed by atoms with van der Waals surface area (Å²) in [5.41, 5.74) is 1.66. The maximum absolute atomic E-state index is 13.3. The summed E-state index contributed by atoms with van der Waals surface area (Å²) in [4.78, 5) is 29.0. The van der Waals surface area contributed by atoms with Crippen LogP contribution in [0.1, 0.15) is 38.5 Å². The number of urea groups is 1. The van der Waals surface area contributed by atoms with Crippen molar-refractivity contribution in [3.63, 3.8) is 0 Å². The van der Waals surface area contributed by atoms with Gasteiger partial charge in [0.2, 0.25) is 0 Å². The van der Waals surface area contributed by atoms with E-state index in [0.717, 1.165) is 68.9 Å². The molecule has 1 aromatic rings. The number of hydrogen-bond donors (Lipinski definition) is 4. The van der Waals surface area contributed by atoms with Gasteiger partial charge in [0.15, 0.2) is 0 Å². The topological polar surface area (TPSA) is 94.7 Å². The highest BCUT2D eigenvalue weighted by atomic mass is 32.2. The second kappa shape index (κ2) is 8.85. The summed E-state index contributed by atoms with van der Waals surface area (Å²) in [6, 6.07) is 7.88. The molecule has 4 heterocycles. The number of nitrogens with one attached hydrogen (secondary N) is 4. The van der Waals surface area contributed by atoms with Gasteiger partial charge in [0, 0.05) is 29.9 Å². The van der Waals surface area contributed by atoms with Gasteiger partial charge in [0.05, 0.1) is 22.4 Å². The van der Waals surface area contributed by atoms with Gasteiger partial charge >= 0.3 is 6.03 Å². The third kappa shape index (κ3) is 4.00. The molecule has 4 N–H and O–H groups in total. The van der Waals surface area contributed by atoms with Crippen LogP contribution in [0.3, 0.4) is 0 Å². The number of benzene rings is 1. The van der Waals surface area contributed by atoms with Crippen molar-refractivity contribution in [3.05, 3.63) is 34.9 Å². The minimum Gasteiger partial charge on any atom is -0.490 e. The Bertz CT molecular complexity index is 957. The molecule has 9 heteroatoms. The Labute approximate surface area is 198 Å². The Morgan fingerprint density at radius 1 is 1.09 bits per heavy atom. The standard InChI is InChI=1S/C24H31N5O3S/c30-22(27-14-3-2-11-25-13-14)21-20-19-18(10-12-26-23(19)33-21)29(24(31)28-20)15-6-8-17(9-7-15)32-16-4-1-5-16/h6-9,14,16,18-19,23,25-26H,1-5,10-13H2,(H,27,30)(H,28,31). The van der Waals surface area contributed by atoms with Crippen LogP contribution >= 0.6 is 11.8 Å². The number of amides is 3. The van der Waals surface area contributed by atoms with Crippen LogP contribution in [0.15, 0.2) is 34.9 Å². The fourth-order valence-electron chi connectivity index (χ4n) is 5.52. The molecule has 33 heavy (non-hydrogen) atoms. The molecule has 6 rings (SSSR count). The van der Waals surface area contributed by atoms with Crippen molar-refractivity contribution in [1.82, 2.24) is 21.3 Å².